The third-order valence-corrected chi connectivity index (χ3v) is 8.17. The highest BCUT2D eigenvalue weighted by Gasteiger charge is 2.42. The van der Waals surface area contributed by atoms with E-state index in [0.29, 0.717) is 28.1 Å². The number of halogens is 2. The predicted octanol–water partition coefficient (Wildman–Crippen LogP) is 5.97. The maximum Gasteiger partial charge on any atom is 0.229 e. The number of hydrogen-bond acceptors (Lipinski definition) is 7. The quantitative estimate of drug-likeness (QED) is 0.327. The molecule has 0 radical (unpaired) electrons. The van der Waals surface area contributed by atoms with Gasteiger partial charge >= 0.3 is 0 Å². The van der Waals surface area contributed by atoms with E-state index in [1.807, 2.05) is 43.7 Å². The summed E-state index contributed by atoms with van der Waals surface area (Å²) in [6.07, 6.45) is 5.25. The molecular weight excluding hydrogens is 500 g/mol. The highest BCUT2D eigenvalue weighted by molar-refractivity contribution is 5.83. The van der Waals surface area contributed by atoms with Gasteiger partial charge in [-0.1, -0.05) is 6.07 Å². The van der Waals surface area contributed by atoms with Gasteiger partial charge < -0.3 is 14.6 Å². The number of anilines is 2. The number of pyridine rings is 1. The number of aryl methyl sites for hydroxylation is 1. The highest BCUT2D eigenvalue weighted by atomic mass is 19.1. The molecule has 0 bridgehead atoms. The van der Waals surface area contributed by atoms with Gasteiger partial charge in [-0.25, -0.2) is 28.7 Å². The molecule has 2 aliphatic heterocycles. The van der Waals surface area contributed by atoms with Crippen molar-refractivity contribution < 1.29 is 13.5 Å². The molecule has 0 amide bonds. The first-order valence-electron chi connectivity index (χ1n) is 13.5. The lowest BCUT2D eigenvalue weighted by atomic mass is 9.87. The van der Waals surface area contributed by atoms with E-state index in [0.717, 1.165) is 44.5 Å². The van der Waals surface area contributed by atoms with Crippen LogP contribution in [-0.4, -0.2) is 55.7 Å². The van der Waals surface area contributed by atoms with Gasteiger partial charge in [0.1, 0.15) is 22.9 Å². The smallest absolute Gasteiger partial charge is 0.229 e. The maximum absolute atomic E-state index is 15.0. The number of ether oxygens (including phenoxy) is 1. The summed E-state index contributed by atoms with van der Waals surface area (Å²) in [4.78, 5) is 19.9. The Morgan fingerprint density at radius 1 is 1.03 bits per heavy atom. The van der Waals surface area contributed by atoms with Gasteiger partial charge in [0.25, 0.3) is 0 Å². The minimum atomic E-state index is -0.639. The van der Waals surface area contributed by atoms with Crippen LogP contribution in [0.3, 0.4) is 0 Å². The van der Waals surface area contributed by atoms with Crippen LogP contribution in [0.4, 0.5) is 20.5 Å². The zero-order chi connectivity index (χ0) is 27.3. The monoisotopic (exact) mass is 533 g/mol. The van der Waals surface area contributed by atoms with Gasteiger partial charge in [-0.15, -0.1) is 0 Å². The van der Waals surface area contributed by atoms with Crippen molar-refractivity contribution >= 4 is 22.8 Å². The average molecular weight is 534 g/mol. The molecule has 2 fully saturated rings. The number of imidazole rings is 1. The Morgan fingerprint density at radius 3 is 2.59 bits per heavy atom. The molecule has 1 N–H and O–H groups in total. The second kappa shape index (κ2) is 9.91. The number of benzene rings is 1. The van der Waals surface area contributed by atoms with E-state index < -0.39 is 11.6 Å². The van der Waals surface area contributed by atoms with E-state index in [9.17, 15) is 8.78 Å². The van der Waals surface area contributed by atoms with Crippen LogP contribution in [0.25, 0.3) is 22.3 Å². The Hall–Kier alpha value is -3.50. The van der Waals surface area contributed by atoms with Crippen LogP contribution in [0.1, 0.15) is 57.1 Å². The first-order valence-corrected chi connectivity index (χ1v) is 13.5. The zero-order valence-electron chi connectivity index (χ0n) is 22.7. The Labute approximate surface area is 226 Å². The predicted molar refractivity (Wildman–Crippen MR) is 146 cm³/mol. The van der Waals surface area contributed by atoms with E-state index in [2.05, 4.69) is 37.1 Å². The van der Waals surface area contributed by atoms with Crippen molar-refractivity contribution in [2.75, 3.05) is 31.6 Å². The Bertz CT molecular complexity index is 1510. The van der Waals surface area contributed by atoms with Crippen LogP contribution >= 0.6 is 0 Å². The lowest BCUT2D eigenvalue weighted by molar-refractivity contribution is 0.146. The van der Waals surface area contributed by atoms with Crippen LogP contribution in [-0.2, 0) is 4.74 Å². The fraction of sp³-hybridized carbons (Fsp3) is 0.448. The minimum Gasteiger partial charge on any atom is -0.381 e. The van der Waals surface area contributed by atoms with Crippen molar-refractivity contribution in [2.45, 2.75) is 52.6 Å². The van der Waals surface area contributed by atoms with Gasteiger partial charge in [0, 0.05) is 42.4 Å². The molecule has 1 aromatic carbocycles. The van der Waals surface area contributed by atoms with E-state index in [1.54, 1.807) is 6.07 Å². The molecule has 1 unspecified atom stereocenters. The topological polar surface area (TPSA) is 81.0 Å². The fourth-order valence-corrected chi connectivity index (χ4v) is 6.01. The highest BCUT2D eigenvalue weighted by Crippen LogP contribution is 2.41. The van der Waals surface area contributed by atoms with Crippen molar-refractivity contribution in [3.63, 3.8) is 0 Å². The molecule has 2 saturated heterocycles. The molecule has 2 atom stereocenters. The van der Waals surface area contributed by atoms with Gasteiger partial charge in [0.05, 0.1) is 18.3 Å². The van der Waals surface area contributed by atoms with E-state index in [-0.39, 0.29) is 29.2 Å². The summed E-state index contributed by atoms with van der Waals surface area (Å²) >= 11 is 0. The van der Waals surface area contributed by atoms with E-state index in [4.69, 9.17) is 4.74 Å². The molecule has 5 heterocycles. The molecule has 0 saturated carbocycles. The van der Waals surface area contributed by atoms with Crippen molar-refractivity contribution in [3.8, 4) is 11.3 Å². The second-order valence-electron chi connectivity index (χ2n) is 11.1. The summed E-state index contributed by atoms with van der Waals surface area (Å²) in [6.45, 7) is 11.9. The molecule has 8 nitrogen and oxygen atoms in total. The second-order valence-corrected chi connectivity index (χ2v) is 11.1. The standard InChI is InChI=1S/C29H33F2N7O/c1-17(2)38-19(4)34-27-22(30)11-21(12-24(27)38)26-23(31)14-33-28(36-26)35-25-6-5-20(13-32-25)18(3)37-9-7-29(15-37)8-10-39-16-29/h5-6,11-14,17-18H,7-10,15-16H2,1-4H3,(H,32,33,35,36)/t18-,29?/m0/s1. The molecule has 2 aliphatic rings. The Morgan fingerprint density at radius 2 is 1.87 bits per heavy atom. The number of likely N-dealkylation sites (tertiary alicyclic amines) is 1. The molecule has 1 spiro atoms. The number of fused-ring (bicyclic) bond motifs is 1. The number of rotatable bonds is 6. The van der Waals surface area contributed by atoms with Crippen LogP contribution in [0.5, 0.6) is 0 Å². The van der Waals surface area contributed by atoms with Gasteiger partial charge in [-0.2, -0.15) is 0 Å². The lowest BCUT2D eigenvalue weighted by Gasteiger charge is -2.27. The largest absolute Gasteiger partial charge is 0.381 e. The molecule has 3 aromatic heterocycles. The number of nitrogens with one attached hydrogen (secondary N) is 1. The lowest BCUT2D eigenvalue weighted by Crippen LogP contribution is -2.29. The normalized spacial score (nSPS) is 20.5. The molecule has 4 aromatic rings. The van der Waals surface area contributed by atoms with Crippen molar-refractivity contribution in [2.24, 2.45) is 5.41 Å². The fourth-order valence-electron chi connectivity index (χ4n) is 6.01. The zero-order valence-corrected chi connectivity index (χ0v) is 22.7. The Kier molecular flexibility index (Phi) is 6.55. The number of hydrogen-bond donors (Lipinski definition) is 1. The van der Waals surface area contributed by atoms with Gasteiger partial charge in [0.2, 0.25) is 5.95 Å². The SMILES string of the molecule is Cc1nc2c(F)cc(-c3nc(Nc4ccc([C@H](C)N5CCC6(CCOC6)C5)cn4)ncc3F)cc2n1C(C)C. The summed E-state index contributed by atoms with van der Waals surface area (Å²) in [5.74, 6) is 0.257. The van der Waals surface area contributed by atoms with Gasteiger partial charge in [-0.3, -0.25) is 4.90 Å². The van der Waals surface area contributed by atoms with Crippen LogP contribution in [0.15, 0.2) is 36.7 Å². The third kappa shape index (κ3) is 4.76. The summed E-state index contributed by atoms with van der Waals surface area (Å²) in [6, 6.07) is 7.22. The van der Waals surface area contributed by atoms with Gasteiger partial charge in [-0.05, 0) is 70.8 Å². The first kappa shape index (κ1) is 25.8. The summed E-state index contributed by atoms with van der Waals surface area (Å²) in [7, 11) is 0. The van der Waals surface area contributed by atoms with Crippen LogP contribution < -0.4 is 5.32 Å². The minimum absolute atomic E-state index is 0.00607. The van der Waals surface area contributed by atoms with Crippen molar-refractivity contribution in [1.29, 1.82) is 0 Å². The van der Waals surface area contributed by atoms with E-state index in [1.165, 1.54) is 12.5 Å². The summed E-state index contributed by atoms with van der Waals surface area (Å²) in [5, 5.41) is 3.06. The van der Waals surface area contributed by atoms with Gasteiger partial charge in [0.15, 0.2) is 11.6 Å². The molecule has 0 aliphatic carbocycles. The molecule has 39 heavy (non-hydrogen) atoms. The first-order chi connectivity index (χ1) is 18.7. The number of aromatic nitrogens is 5. The van der Waals surface area contributed by atoms with Crippen molar-refractivity contribution in [3.05, 3.63) is 59.7 Å². The Balaban J connectivity index is 1.22. The molecule has 6 rings (SSSR count). The van der Waals surface area contributed by atoms with E-state index >= 15 is 0 Å². The number of nitrogens with zero attached hydrogens (tertiary/aromatic N) is 6. The van der Waals surface area contributed by atoms with Crippen molar-refractivity contribution in [1.82, 2.24) is 29.4 Å². The summed E-state index contributed by atoms with van der Waals surface area (Å²) in [5.41, 5.74) is 2.61. The van der Waals surface area contributed by atoms with Crippen LogP contribution in [0.2, 0.25) is 0 Å². The molecule has 10 heteroatoms. The molecular formula is C29H33F2N7O. The van der Waals surface area contributed by atoms with Crippen LogP contribution in [0, 0.1) is 24.0 Å². The molecule has 204 valence electrons. The summed E-state index contributed by atoms with van der Waals surface area (Å²) < 4.78 is 37.5. The maximum atomic E-state index is 15.0. The third-order valence-electron chi connectivity index (χ3n) is 8.17. The average Bonchev–Trinajstić information content (AvgIpc) is 3.64.